The molecule has 9 nitrogen and oxygen atoms in total. The normalized spacial score (nSPS) is 28.6. The zero-order valence-electron chi connectivity index (χ0n) is 23.0. The minimum absolute atomic E-state index is 1.02. The highest BCUT2D eigenvalue weighted by Crippen LogP contribution is 2.88. The molecule has 5 saturated heterocycles. The van der Waals surface area contributed by atoms with Crippen LogP contribution in [0.4, 0.5) is 0 Å². The molecule has 0 radical (unpaired) electrons. The Morgan fingerprint density at radius 1 is 0.439 bits per heavy atom. The second-order valence-corrected chi connectivity index (χ2v) is 23.1. The average Bonchev–Trinajstić information content (AvgIpc) is 3.82. The molecule has 6 aliphatic heterocycles. The first-order chi connectivity index (χ1) is 20.2. The summed E-state index contributed by atoms with van der Waals surface area (Å²) in [7, 11) is -9.63. The summed E-state index contributed by atoms with van der Waals surface area (Å²) in [6.45, 7) is 10.8. The van der Waals surface area contributed by atoms with Crippen molar-refractivity contribution < 1.29 is 0 Å². The second-order valence-electron chi connectivity index (χ2n) is 11.4. The highest BCUT2D eigenvalue weighted by Gasteiger charge is 2.58. The zero-order chi connectivity index (χ0) is 27.1. The Kier molecular flexibility index (Phi) is 5.95. The van der Waals surface area contributed by atoms with E-state index >= 15 is 0 Å². The van der Waals surface area contributed by atoms with Gasteiger partial charge in [-0.1, -0.05) is 91.0 Å². The number of rotatable bonds is 9. The first-order valence-corrected chi connectivity index (χ1v) is 21.2. The highest BCUT2D eigenvalue weighted by molar-refractivity contribution is 7.93. The third-order valence-electron chi connectivity index (χ3n) is 8.38. The van der Waals surface area contributed by atoms with Crippen molar-refractivity contribution in [2.24, 2.45) is 18.1 Å². The van der Waals surface area contributed by atoms with Crippen LogP contribution in [0.1, 0.15) is 0 Å². The van der Waals surface area contributed by atoms with E-state index < -0.39 is 29.6 Å². The van der Waals surface area contributed by atoms with Gasteiger partial charge in [0.1, 0.15) is 0 Å². The third kappa shape index (κ3) is 4.25. The molecule has 0 bridgehead atoms. The molecule has 3 aromatic carbocycles. The van der Waals surface area contributed by atoms with Crippen molar-refractivity contribution in [2.75, 3.05) is 65.4 Å². The van der Waals surface area contributed by atoms with Gasteiger partial charge in [0.05, 0.1) is 7.05 Å². The van der Waals surface area contributed by atoms with E-state index in [1.54, 1.807) is 0 Å². The monoisotopic (exact) mass is 621 g/mol. The van der Waals surface area contributed by atoms with E-state index in [1.807, 2.05) is 0 Å². The van der Waals surface area contributed by atoms with Gasteiger partial charge in [0.2, 0.25) is 15.0 Å². The molecule has 13 heteroatoms. The lowest BCUT2D eigenvalue weighted by Gasteiger charge is -2.38. The van der Waals surface area contributed by atoms with Gasteiger partial charge in [-0.3, -0.25) is 0 Å². The van der Waals surface area contributed by atoms with Crippen molar-refractivity contribution >= 4 is 45.5 Å². The van der Waals surface area contributed by atoms with Crippen LogP contribution >= 0.6 is 29.6 Å². The zero-order valence-corrected chi connectivity index (χ0v) is 26.6. The molecule has 3 aromatic rings. The van der Waals surface area contributed by atoms with Crippen LogP contribution in [-0.4, -0.2) is 88.8 Å². The van der Waals surface area contributed by atoms with Gasteiger partial charge in [0.15, 0.2) is 0 Å². The fraction of sp³-hybridized carbons (Fsp3) is 0.357. The van der Waals surface area contributed by atoms with Crippen LogP contribution in [0.25, 0.3) is 0 Å². The molecular weight excluding hydrogens is 586 g/mol. The van der Waals surface area contributed by atoms with E-state index in [0.717, 1.165) is 65.4 Å². The van der Waals surface area contributed by atoms with E-state index in [9.17, 15) is 0 Å². The van der Waals surface area contributed by atoms with Crippen LogP contribution in [0, 0.1) is 0 Å². The van der Waals surface area contributed by atoms with Crippen LogP contribution < -0.4 is 15.9 Å². The lowest BCUT2D eigenvalue weighted by Crippen LogP contribution is -2.25. The quantitative estimate of drug-likeness (QED) is 0.230. The van der Waals surface area contributed by atoms with Crippen molar-refractivity contribution in [3.05, 3.63) is 91.0 Å². The van der Waals surface area contributed by atoms with Gasteiger partial charge in [-0.25, -0.2) is 27.9 Å². The summed E-state index contributed by atoms with van der Waals surface area (Å²) in [5.74, 6) is 0. The predicted molar refractivity (Wildman–Crippen MR) is 173 cm³/mol. The van der Waals surface area contributed by atoms with Gasteiger partial charge >= 0.3 is 0 Å². The highest BCUT2D eigenvalue weighted by atomic mass is 31.3. The maximum absolute atomic E-state index is 6.31. The molecule has 6 aliphatic rings. The summed E-state index contributed by atoms with van der Waals surface area (Å²) in [6, 6.07) is 33.1. The van der Waals surface area contributed by atoms with Gasteiger partial charge in [0, 0.05) is 81.4 Å². The van der Waals surface area contributed by atoms with Gasteiger partial charge in [-0.15, -0.1) is 0 Å². The fourth-order valence-corrected chi connectivity index (χ4v) is 26.2. The largest absolute Gasteiger partial charge is 0.264 e. The molecule has 1 atom stereocenters. The Morgan fingerprint density at radius 3 is 1.12 bits per heavy atom. The number of nitrogens with zero attached hydrogens (tertiary/aromatic N) is 9. The molecule has 212 valence electrons. The Morgan fingerprint density at radius 2 is 0.780 bits per heavy atom. The van der Waals surface area contributed by atoms with Gasteiger partial charge in [-0.05, 0) is 0 Å². The van der Waals surface area contributed by atoms with Crippen LogP contribution in [-0.2, 0) is 0 Å². The Labute approximate surface area is 242 Å². The van der Waals surface area contributed by atoms with Crippen LogP contribution in [0.5, 0.6) is 0 Å². The van der Waals surface area contributed by atoms with Crippen LogP contribution in [0.15, 0.2) is 109 Å². The Bertz CT molecular complexity index is 1560. The molecule has 0 aromatic heterocycles. The third-order valence-corrected chi connectivity index (χ3v) is 25.1. The summed E-state index contributed by atoms with van der Waals surface area (Å²) in [5.41, 5.74) is 0. The minimum atomic E-state index is -2.67. The summed E-state index contributed by atoms with van der Waals surface area (Å²) in [5, 5.41) is 3.82. The number of benzene rings is 3. The van der Waals surface area contributed by atoms with E-state index in [1.165, 1.54) is 15.9 Å². The van der Waals surface area contributed by atoms with Crippen molar-refractivity contribution in [1.82, 2.24) is 23.4 Å². The second kappa shape index (κ2) is 9.44. The molecule has 0 aliphatic carbocycles. The van der Waals surface area contributed by atoms with Crippen molar-refractivity contribution in [3.63, 3.8) is 0 Å². The average molecular weight is 622 g/mol. The summed E-state index contributed by atoms with van der Waals surface area (Å²) in [6.07, 6.45) is 0. The predicted octanol–water partition coefficient (Wildman–Crippen LogP) is 5.59. The molecule has 0 spiro atoms. The molecule has 0 amide bonds. The topological polar surface area (TPSA) is 64.5 Å². The summed E-state index contributed by atoms with van der Waals surface area (Å²) < 4.78 is 37.1. The van der Waals surface area contributed by atoms with Gasteiger partial charge < -0.3 is 0 Å². The van der Waals surface area contributed by atoms with Crippen LogP contribution in [0.3, 0.4) is 0 Å². The minimum Gasteiger partial charge on any atom is -0.237 e. The van der Waals surface area contributed by atoms with E-state index in [-0.39, 0.29) is 0 Å². The van der Waals surface area contributed by atoms with Gasteiger partial charge in [-0.2, -0.15) is 13.5 Å². The lowest BCUT2D eigenvalue weighted by atomic mass is 10.4. The number of hydrogen-bond acceptors (Lipinski definition) is 9. The van der Waals surface area contributed by atoms with Crippen molar-refractivity contribution in [1.29, 1.82) is 0 Å². The fourth-order valence-electron chi connectivity index (χ4n) is 5.83. The van der Waals surface area contributed by atoms with Crippen molar-refractivity contribution in [2.45, 2.75) is 0 Å². The van der Waals surface area contributed by atoms with Gasteiger partial charge in [0.25, 0.3) is 7.51 Å². The molecule has 41 heavy (non-hydrogen) atoms. The molecule has 0 saturated carbocycles. The Balaban J connectivity index is 1.45. The SMILES string of the molecule is c1ccc(P(=NP2(N3CC3)=NP(N3CC3)(N3CC3)=NP(N3CC3)(N3CC3)=N2)(c2ccccc2)c2ccccc2)cc1. The van der Waals surface area contributed by atoms with E-state index in [2.05, 4.69) is 114 Å². The van der Waals surface area contributed by atoms with Crippen LogP contribution in [0.2, 0.25) is 0 Å². The van der Waals surface area contributed by atoms with E-state index in [0.29, 0.717) is 0 Å². The lowest BCUT2D eigenvalue weighted by molar-refractivity contribution is 0.749. The molecule has 9 rings (SSSR count). The molecule has 5 fully saturated rings. The van der Waals surface area contributed by atoms with Crippen molar-refractivity contribution in [3.8, 4) is 0 Å². The maximum atomic E-state index is 6.31. The molecule has 1 unspecified atom stereocenters. The number of hydrogen-bond donors (Lipinski definition) is 0. The first-order valence-electron chi connectivity index (χ1n) is 14.7. The molecular formula is C28H35N9P4. The maximum Gasteiger partial charge on any atom is 0.264 e. The molecule has 0 N–H and O–H groups in total. The van der Waals surface area contributed by atoms with E-state index in [4.69, 9.17) is 18.1 Å². The standard InChI is InChI=1S/C28H35N9P4/c1-4-10-26(11-5-1)38(27-12-6-2-7-13-27,28-14-8-3-9-15-28)29-39(33-16-17-33)30-40(34-18-19-34,35-20-21-35)32-41(31-39,36-22-23-36)37-24-25-37/h1-15H,16-25H2. The summed E-state index contributed by atoms with van der Waals surface area (Å²) in [4.78, 5) is 0. The first kappa shape index (κ1) is 25.8. The Hall–Kier alpha value is -1.62. The summed E-state index contributed by atoms with van der Waals surface area (Å²) >= 11 is 0. The smallest absolute Gasteiger partial charge is 0.237 e. The molecule has 6 heterocycles.